The van der Waals surface area contributed by atoms with Gasteiger partial charge in [0.1, 0.15) is 17.6 Å². The minimum atomic E-state index is -0.0614. The van der Waals surface area contributed by atoms with Gasteiger partial charge in [0.25, 0.3) is 0 Å². The number of ether oxygens (including phenoxy) is 1. The molecule has 1 aromatic carbocycles. The highest BCUT2D eigenvalue weighted by molar-refractivity contribution is 5.81. The van der Waals surface area contributed by atoms with Crippen LogP contribution >= 0.6 is 0 Å². The number of rotatable bonds is 13. The smallest absolute Gasteiger partial charge is 0.195 e. The third kappa shape index (κ3) is 6.72. The Kier molecular flexibility index (Phi) is 9.49. The van der Waals surface area contributed by atoms with Gasteiger partial charge in [0.15, 0.2) is 5.96 Å². The highest BCUT2D eigenvalue weighted by atomic mass is 16.5. The maximum absolute atomic E-state index is 6.06. The van der Waals surface area contributed by atoms with Crippen molar-refractivity contribution in [2.75, 3.05) is 52.9 Å². The Bertz CT molecular complexity index is 951. The van der Waals surface area contributed by atoms with E-state index in [1.54, 1.807) is 7.11 Å². The van der Waals surface area contributed by atoms with Gasteiger partial charge in [0.05, 0.1) is 19.4 Å². The number of nitrogens with zero attached hydrogens (tertiary/aromatic N) is 4. The van der Waals surface area contributed by atoms with Gasteiger partial charge in [-0.15, -0.1) is 0 Å². The molecule has 4 rings (SSSR count). The summed E-state index contributed by atoms with van der Waals surface area (Å²) in [7, 11) is 1.76. The van der Waals surface area contributed by atoms with E-state index < -0.39 is 0 Å². The van der Waals surface area contributed by atoms with Crippen LogP contribution < -0.4 is 26.8 Å². The lowest BCUT2D eigenvalue weighted by Crippen LogP contribution is -2.46. The zero-order valence-corrected chi connectivity index (χ0v) is 22.0. The fraction of sp³-hybridized carbons (Fsp3) is 0.593. The van der Waals surface area contributed by atoms with Crippen LogP contribution in [0, 0.1) is 0 Å². The van der Waals surface area contributed by atoms with E-state index in [4.69, 9.17) is 16.2 Å². The van der Waals surface area contributed by atoms with Crippen molar-refractivity contribution in [2.24, 2.45) is 16.5 Å². The molecule has 1 aromatic rings. The van der Waals surface area contributed by atoms with Crippen LogP contribution in [0.3, 0.4) is 0 Å². The number of unbranched alkanes of at least 4 members (excludes halogenated alkanes) is 2. The van der Waals surface area contributed by atoms with Gasteiger partial charge in [-0.05, 0) is 43.6 Å². The number of piperazine rings is 1. The molecule has 1 saturated heterocycles. The molecule has 9 nitrogen and oxygen atoms in total. The summed E-state index contributed by atoms with van der Waals surface area (Å²) in [6, 6.07) is 6.58. The first-order valence-corrected chi connectivity index (χ1v) is 13.4. The molecule has 9 heteroatoms. The Morgan fingerprint density at radius 2 is 1.92 bits per heavy atom. The van der Waals surface area contributed by atoms with Crippen LogP contribution in [0.4, 0.5) is 0 Å². The lowest BCUT2D eigenvalue weighted by molar-refractivity contribution is 0.126. The number of nitrogens with one attached hydrogen (secondary N) is 2. The van der Waals surface area contributed by atoms with E-state index in [9.17, 15) is 0 Å². The lowest BCUT2D eigenvalue weighted by Gasteiger charge is -2.34. The summed E-state index contributed by atoms with van der Waals surface area (Å²) in [5.41, 5.74) is 15.3. The van der Waals surface area contributed by atoms with Gasteiger partial charge in [-0.3, -0.25) is 4.90 Å². The van der Waals surface area contributed by atoms with Gasteiger partial charge in [-0.1, -0.05) is 31.9 Å². The molecule has 1 atom stereocenters. The molecular weight excluding hydrogens is 452 g/mol. The van der Waals surface area contributed by atoms with Gasteiger partial charge < -0.3 is 36.6 Å². The monoisotopic (exact) mass is 496 g/mol. The molecule has 0 aliphatic carbocycles. The molecule has 0 amide bonds. The van der Waals surface area contributed by atoms with Crippen LogP contribution in [-0.2, 0) is 13.1 Å². The minimum Gasteiger partial charge on any atom is -0.496 e. The maximum Gasteiger partial charge on any atom is 0.195 e. The molecule has 0 saturated carbocycles. The van der Waals surface area contributed by atoms with Gasteiger partial charge in [0, 0.05) is 51.0 Å². The molecule has 0 radical (unpaired) electrons. The minimum absolute atomic E-state index is 0.0614. The Balaban J connectivity index is 1.39. The number of hydrogen-bond donors (Lipinski definition) is 4. The predicted molar refractivity (Wildman–Crippen MR) is 146 cm³/mol. The van der Waals surface area contributed by atoms with E-state index >= 15 is 0 Å². The molecular formula is C27H44N8O. The van der Waals surface area contributed by atoms with E-state index in [1.165, 1.54) is 18.4 Å². The van der Waals surface area contributed by atoms with Crippen molar-refractivity contribution in [3.63, 3.8) is 0 Å². The van der Waals surface area contributed by atoms with Gasteiger partial charge in [-0.25, -0.2) is 4.99 Å². The SMILES string of the molecule is CCCCCNC1=C2C(C=CN2Cc2ccc(CN3CCN(CCCN)CC3)cc2OC)N=C(N)N1. The molecule has 198 valence electrons. The topological polar surface area (TPSA) is 107 Å². The largest absolute Gasteiger partial charge is 0.496 e. The molecule has 6 N–H and O–H groups in total. The molecule has 1 unspecified atom stereocenters. The average Bonchev–Trinajstić information content (AvgIpc) is 3.29. The number of aliphatic imine (C=N–C) groups is 1. The molecule has 3 heterocycles. The van der Waals surface area contributed by atoms with E-state index in [2.05, 4.69) is 67.7 Å². The fourth-order valence-electron chi connectivity index (χ4n) is 5.10. The van der Waals surface area contributed by atoms with Crippen molar-refractivity contribution in [1.82, 2.24) is 25.3 Å². The second-order valence-corrected chi connectivity index (χ2v) is 9.85. The lowest BCUT2D eigenvalue weighted by atomic mass is 10.1. The second-order valence-electron chi connectivity index (χ2n) is 9.85. The predicted octanol–water partition coefficient (Wildman–Crippen LogP) is 1.73. The quantitative estimate of drug-likeness (QED) is 0.306. The Labute approximate surface area is 216 Å². The van der Waals surface area contributed by atoms with Crippen molar-refractivity contribution in [3.05, 3.63) is 53.1 Å². The molecule has 3 aliphatic heterocycles. The second kappa shape index (κ2) is 13.0. The van der Waals surface area contributed by atoms with Crippen LogP contribution in [0.15, 0.2) is 47.0 Å². The first kappa shape index (κ1) is 26.3. The summed E-state index contributed by atoms with van der Waals surface area (Å²) in [5, 5.41) is 6.80. The Morgan fingerprint density at radius 1 is 1.11 bits per heavy atom. The summed E-state index contributed by atoms with van der Waals surface area (Å²) >= 11 is 0. The molecule has 36 heavy (non-hydrogen) atoms. The zero-order chi connectivity index (χ0) is 25.3. The van der Waals surface area contributed by atoms with Crippen molar-refractivity contribution in [1.29, 1.82) is 0 Å². The summed E-state index contributed by atoms with van der Waals surface area (Å²) in [5.74, 6) is 2.33. The van der Waals surface area contributed by atoms with E-state index in [1.807, 2.05) is 0 Å². The standard InChI is InChI=1S/C27H44N8O/c1-3-4-5-11-30-26-25-23(31-27(29)32-26)9-13-35(25)20-22-8-7-21(18-24(22)36-2)19-34-16-14-33(15-17-34)12-6-10-28/h7-9,13,18,23,30H,3-6,10-12,14-17,19-20,28H2,1-2H3,(H3,29,31,32). The summed E-state index contributed by atoms with van der Waals surface area (Å²) in [4.78, 5) is 11.9. The number of nitrogens with two attached hydrogens (primary N) is 2. The van der Waals surface area contributed by atoms with Crippen molar-refractivity contribution < 1.29 is 4.74 Å². The van der Waals surface area contributed by atoms with Crippen molar-refractivity contribution >= 4 is 5.96 Å². The molecule has 0 bridgehead atoms. The summed E-state index contributed by atoms with van der Waals surface area (Å²) in [6.07, 6.45) is 8.82. The highest BCUT2D eigenvalue weighted by Crippen LogP contribution is 2.31. The number of fused-ring (bicyclic) bond motifs is 1. The van der Waals surface area contributed by atoms with E-state index in [-0.39, 0.29) is 6.04 Å². The van der Waals surface area contributed by atoms with Crippen molar-refractivity contribution in [2.45, 2.75) is 51.7 Å². The Hall–Kier alpha value is -2.75. The Morgan fingerprint density at radius 3 is 2.67 bits per heavy atom. The third-order valence-corrected chi connectivity index (χ3v) is 7.15. The molecule has 0 aromatic heterocycles. The van der Waals surface area contributed by atoms with E-state index in [0.29, 0.717) is 12.5 Å². The molecule has 0 spiro atoms. The van der Waals surface area contributed by atoms with Crippen LogP contribution in [0.1, 0.15) is 43.7 Å². The maximum atomic E-state index is 6.06. The fourth-order valence-corrected chi connectivity index (χ4v) is 5.10. The third-order valence-electron chi connectivity index (χ3n) is 7.15. The van der Waals surface area contributed by atoms with Crippen LogP contribution in [0.5, 0.6) is 5.75 Å². The number of guanidine groups is 1. The van der Waals surface area contributed by atoms with Crippen molar-refractivity contribution in [3.8, 4) is 5.75 Å². The highest BCUT2D eigenvalue weighted by Gasteiger charge is 2.30. The zero-order valence-electron chi connectivity index (χ0n) is 22.0. The van der Waals surface area contributed by atoms with Crippen LogP contribution in [0.2, 0.25) is 0 Å². The number of hydrogen-bond acceptors (Lipinski definition) is 9. The average molecular weight is 497 g/mol. The van der Waals surface area contributed by atoms with Gasteiger partial charge in [-0.2, -0.15) is 0 Å². The van der Waals surface area contributed by atoms with Gasteiger partial charge >= 0.3 is 0 Å². The summed E-state index contributed by atoms with van der Waals surface area (Å²) < 4.78 is 5.83. The molecule has 1 fully saturated rings. The normalized spacial score (nSPS) is 20.4. The van der Waals surface area contributed by atoms with E-state index in [0.717, 1.165) is 88.0 Å². The number of benzene rings is 1. The number of methoxy groups -OCH3 is 1. The first-order valence-electron chi connectivity index (χ1n) is 13.4. The first-order chi connectivity index (χ1) is 17.6. The van der Waals surface area contributed by atoms with Crippen LogP contribution in [0.25, 0.3) is 0 Å². The van der Waals surface area contributed by atoms with Gasteiger partial charge in [0.2, 0.25) is 0 Å². The summed E-state index contributed by atoms with van der Waals surface area (Å²) in [6.45, 7) is 11.1. The van der Waals surface area contributed by atoms with Crippen LogP contribution in [-0.4, -0.2) is 79.6 Å². The molecule has 3 aliphatic rings.